The van der Waals surface area contributed by atoms with Crippen molar-refractivity contribution in [2.75, 3.05) is 20.3 Å². The zero-order chi connectivity index (χ0) is 12.0. The third kappa shape index (κ3) is 3.82. The molecule has 0 bridgehead atoms. The topological polar surface area (TPSA) is 52.6 Å². The van der Waals surface area contributed by atoms with E-state index in [1.54, 1.807) is 24.3 Å². The minimum atomic E-state index is -0.143. The maximum Gasteiger partial charge on any atom is 0.195 e. The van der Waals surface area contributed by atoms with Crippen molar-refractivity contribution in [2.45, 2.75) is 6.92 Å². The maximum atomic E-state index is 11.1. The summed E-state index contributed by atoms with van der Waals surface area (Å²) < 4.78 is 9.90. The first-order valence-corrected chi connectivity index (χ1v) is 4.88. The summed E-state index contributed by atoms with van der Waals surface area (Å²) in [5.41, 5.74) is 0.566. The molecule has 1 aromatic rings. The van der Waals surface area contributed by atoms with Crippen LogP contribution in [0.4, 0.5) is 0 Å². The van der Waals surface area contributed by atoms with Crippen LogP contribution in [0, 0.1) is 0 Å². The lowest BCUT2D eigenvalue weighted by atomic mass is 10.1. The molecule has 16 heavy (non-hydrogen) atoms. The highest BCUT2D eigenvalue weighted by Crippen LogP contribution is 2.13. The molecule has 0 N–H and O–H groups in total. The van der Waals surface area contributed by atoms with Crippen LogP contribution in [0.1, 0.15) is 17.3 Å². The van der Waals surface area contributed by atoms with Crippen molar-refractivity contribution in [1.82, 2.24) is 0 Å². The first-order valence-electron chi connectivity index (χ1n) is 4.88. The zero-order valence-corrected chi connectivity index (χ0v) is 9.36. The van der Waals surface area contributed by atoms with Gasteiger partial charge in [0, 0.05) is 12.7 Å². The van der Waals surface area contributed by atoms with Crippen LogP contribution in [0.25, 0.3) is 0 Å². The first kappa shape index (κ1) is 12.4. The van der Waals surface area contributed by atoms with E-state index in [4.69, 9.17) is 4.74 Å². The molecule has 0 amide bonds. The third-order valence-electron chi connectivity index (χ3n) is 1.95. The average Bonchev–Trinajstić information content (AvgIpc) is 2.27. The van der Waals surface area contributed by atoms with E-state index in [9.17, 15) is 9.59 Å². The number of rotatable bonds is 6. The predicted molar refractivity (Wildman–Crippen MR) is 58.8 cm³/mol. The summed E-state index contributed by atoms with van der Waals surface area (Å²) in [6.07, 6.45) is 0. The van der Waals surface area contributed by atoms with Gasteiger partial charge in [0.25, 0.3) is 0 Å². The van der Waals surface area contributed by atoms with Crippen LogP contribution in [0.15, 0.2) is 24.3 Å². The highest BCUT2D eigenvalue weighted by Gasteiger charge is 2.04. The second kappa shape index (κ2) is 6.02. The van der Waals surface area contributed by atoms with Crippen LogP contribution in [0.5, 0.6) is 5.75 Å². The molecule has 4 nitrogen and oxygen atoms in total. The number of ketones is 2. The standard InChI is InChI=1S/C12H14O4/c1-9(13)10-4-3-5-12(6-10)16-8-11(14)7-15-2/h3-6H,7-8H2,1-2H3. The van der Waals surface area contributed by atoms with Gasteiger partial charge in [-0.25, -0.2) is 0 Å². The quantitative estimate of drug-likeness (QED) is 0.684. The molecule has 1 rings (SSSR count). The van der Waals surface area contributed by atoms with Gasteiger partial charge in [0.05, 0.1) is 0 Å². The number of benzene rings is 1. The first-order chi connectivity index (χ1) is 7.63. The van der Waals surface area contributed by atoms with E-state index in [1.807, 2.05) is 0 Å². The minimum absolute atomic E-state index is 0.0336. The monoisotopic (exact) mass is 222 g/mol. The molecule has 0 fully saturated rings. The Labute approximate surface area is 94.2 Å². The summed E-state index contributed by atoms with van der Waals surface area (Å²) in [4.78, 5) is 22.2. The number of hydrogen-bond donors (Lipinski definition) is 0. The van der Waals surface area contributed by atoms with Crippen molar-refractivity contribution in [2.24, 2.45) is 0 Å². The zero-order valence-electron chi connectivity index (χ0n) is 9.36. The van der Waals surface area contributed by atoms with Crippen molar-refractivity contribution < 1.29 is 19.1 Å². The summed E-state index contributed by atoms with van der Waals surface area (Å²) in [5, 5.41) is 0. The van der Waals surface area contributed by atoms with Gasteiger partial charge in [-0.3, -0.25) is 9.59 Å². The summed E-state index contributed by atoms with van der Waals surface area (Å²) in [5.74, 6) is 0.335. The van der Waals surface area contributed by atoms with Crippen molar-refractivity contribution >= 4 is 11.6 Å². The normalized spacial score (nSPS) is 9.88. The van der Waals surface area contributed by atoms with Crippen molar-refractivity contribution in [3.05, 3.63) is 29.8 Å². The van der Waals surface area contributed by atoms with E-state index in [0.717, 1.165) is 0 Å². The van der Waals surface area contributed by atoms with Gasteiger partial charge in [-0.05, 0) is 19.1 Å². The van der Waals surface area contributed by atoms with Gasteiger partial charge >= 0.3 is 0 Å². The number of hydrogen-bond acceptors (Lipinski definition) is 4. The Morgan fingerprint density at radius 2 is 2.00 bits per heavy atom. The third-order valence-corrected chi connectivity index (χ3v) is 1.95. The Morgan fingerprint density at radius 3 is 2.62 bits per heavy atom. The molecule has 0 aromatic heterocycles. The molecule has 0 unspecified atom stereocenters. The van der Waals surface area contributed by atoms with E-state index >= 15 is 0 Å². The van der Waals surface area contributed by atoms with E-state index in [1.165, 1.54) is 14.0 Å². The molecule has 0 aliphatic carbocycles. The number of ether oxygens (including phenoxy) is 2. The fourth-order valence-corrected chi connectivity index (χ4v) is 1.17. The Bertz CT molecular complexity index is 384. The Morgan fingerprint density at radius 1 is 1.25 bits per heavy atom. The van der Waals surface area contributed by atoms with Crippen molar-refractivity contribution in [3.8, 4) is 5.75 Å². The molecule has 4 heteroatoms. The van der Waals surface area contributed by atoms with Crippen LogP contribution in [-0.4, -0.2) is 31.9 Å². The van der Waals surface area contributed by atoms with Crippen LogP contribution < -0.4 is 4.74 Å². The average molecular weight is 222 g/mol. The fraction of sp³-hybridized carbons (Fsp3) is 0.333. The Balaban J connectivity index is 2.57. The second-order valence-corrected chi connectivity index (χ2v) is 3.34. The molecule has 0 radical (unpaired) electrons. The van der Waals surface area contributed by atoms with Gasteiger partial charge in [0.15, 0.2) is 11.6 Å². The Hall–Kier alpha value is -1.68. The lowest BCUT2D eigenvalue weighted by Gasteiger charge is -2.05. The van der Waals surface area contributed by atoms with E-state index in [2.05, 4.69) is 4.74 Å². The molecule has 0 saturated heterocycles. The fourth-order valence-electron chi connectivity index (χ4n) is 1.17. The molecule has 0 atom stereocenters. The summed E-state index contributed by atoms with van der Waals surface area (Å²) in [6.45, 7) is 1.47. The van der Waals surface area contributed by atoms with E-state index in [0.29, 0.717) is 11.3 Å². The van der Waals surface area contributed by atoms with Crippen LogP contribution in [0.3, 0.4) is 0 Å². The second-order valence-electron chi connectivity index (χ2n) is 3.34. The van der Waals surface area contributed by atoms with Gasteiger partial charge in [-0.1, -0.05) is 12.1 Å². The maximum absolute atomic E-state index is 11.1. The molecule has 0 heterocycles. The lowest BCUT2D eigenvalue weighted by molar-refractivity contribution is -0.124. The summed E-state index contributed by atoms with van der Waals surface area (Å²) in [7, 11) is 1.45. The minimum Gasteiger partial charge on any atom is -0.486 e. The molecular weight excluding hydrogens is 208 g/mol. The molecule has 1 aromatic carbocycles. The molecular formula is C12H14O4. The lowest BCUT2D eigenvalue weighted by Crippen LogP contribution is -2.16. The number of Topliss-reactive ketones (excluding diaryl/α,β-unsaturated/α-hetero) is 2. The summed E-state index contributed by atoms with van der Waals surface area (Å²) >= 11 is 0. The largest absolute Gasteiger partial charge is 0.486 e. The van der Waals surface area contributed by atoms with E-state index < -0.39 is 0 Å². The van der Waals surface area contributed by atoms with Gasteiger partial charge in [-0.15, -0.1) is 0 Å². The number of methoxy groups -OCH3 is 1. The van der Waals surface area contributed by atoms with E-state index in [-0.39, 0.29) is 24.8 Å². The van der Waals surface area contributed by atoms with Crippen molar-refractivity contribution in [1.29, 1.82) is 0 Å². The van der Waals surface area contributed by atoms with Gasteiger partial charge in [0.2, 0.25) is 0 Å². The van der Waals surface area contributed by atoms with Crippen molar-refractivity contribution in [3.63, 3.8) is 0 Å². The molecule has 0 aliphatic heterocycles. The van der Waals surface area contributed by atoms with Gasteiger partial charge in [0.1, 0.15) is 19.0 Å². The van der Waals surface area contributed by atoms with Crippen LogP contribution in [0.2, 0.25) is 0 Å². The molecule has 0 spiro atoms. The number of carbonyl (C=O) groups is 2. The Kier molecular flexibility index (Phi) is 4.66. The van der Waals surface area contributed by atoms with Gasteiger partial charge in [-0.2, -0.15) is 0 Å². The predicted octanol–water partition coefficient (Wildman–Crippen LogP) is 1.48. The van der Waals surface area contributed by atoms with Gasteiger partial charge < -0.3 is 9.47 Å². The van der Waals surface area contributed by atoms with Crippen LogP contribution in [-0.2, 0) is 9.53 Å². The number of carbonyl (C=O) groups excluding carboxylic acids is 2. The SMILES string of the molecule is COCC(=O)COc1cccc(C(C)=O)c1. The molecule has 0 aliphatic rings. The smallest absolute Gasteiger partial charge is 0.195 e. The highest BCUT2D eigenvalue weighted by molar-refractivity contribution is 5.94. The van der Waals surface area contributed by atoms with Crippen LogP contribution >= 0.6 is 0 Å². The summed E-state index contributed by atoms with van der Waals surface area (Å²) in [6, 6.07) is 6.73. The molecule has 0 saturated carbocycles. The molecule has 86 valence electrons. The highest BCUT2D eigenvalue weighted by atomic mass is 16.5.